The summed E-state index contributed by atoms with van der Waals surface area (Å²) in [5.41, 5.74) is 9.01. The highest BCUT2D eigenvalue weighted by molar-refractivity contribution is 9.10. The summed E-state index contributed by atoms with van der Waals surface area (Å²) in [6.07, 6.45) is 3.79. The second kappa shape index (κ2) is 3.63. The van der Waals surface area contributed by atoms with Crippen LogP contribution in [0.3, 0.4) is 0 Å². The number of aromatic amines is 1. The molecule has 0 fully saturated rings. The molecule has 0 unspecified atom stereocenters. The van der Waals surface area contributed by atoms with Gasteiger partial charge < -0.3 is 10.3 Å². The second-order valence-corrected chi connectivity index (χ2v) is 4.87. The molecule has 1 aromatic carbocycles. The van der Waals surface area contributed by atoms with Crippen molar-refractivity contribution in [3.8, 4) is 11.1 Å². The van der Waals surface area contributed by atoms with Crippen LogP contribution in [0.4, 0.5) is 5.82 Å². The molecule has 3 aromatic rings. The zero-order chi connectivity index (χ0) is 12.0. The number of hydrogen-bond acceptors (Lipinski definition) is 2. The predicted molar refractivity (Wildman–Crippen MR) is 72.6 cm³/mol. The lowest BCUT2D eigenvalue weighted by atomic mass is 10.1. The van der Waals surface area contributed by atoms with Gasteiger partial charge in [0.05, 0.1) is 6.20 Å². The first kappa shape index (κ1) is 10.4. The summed E-state index contributed by atoms with van der Waals surface area (Å²) in [4.78, 5) is 0. The molecular formula is C12H11BrN4. The van der Waals surface area contributed by atoms with E-state index in [1.807, 2.05) is 13.2 Å². The van der Waals surface area contributed by atoms with Crippen molar-refractivity contribution in [2.24, 2.45) is 7.05 Å². The Hall–Kier alpha value is -1.75. The van der Waals surface area contributed by atoms with E-state index in [9.17, 15) is 0 Å². The van der Waals surface area contributed by atoms with Crippen molar-refractivity contribution < 1.29 is 0 Å². The second-order valence-electron chi connectivity index (χ2n) is 4.02. The van der Waals surface area contributed by atoms with Crippen LogP contribution >= 0.6 is 15.9 Å². The molecule has 0 saturated heterocycles. The van der Waals surface area contributed by atoms with Crippen molar-refractivity contribution in [2.75, 3.05) is 5.73 Å². The average molecular weight is 291 g/mol. The van der Waals surface area contributed by atoms with E-state index >= 15 is 0 Å². The molecule has 2 heterocycles. The lowest BCUT2D eigenvalue weighted by molar-refractivity contribution is 0.967. The molecule has 3 N–H and O–H groups in total. The Labute approximate surface area is 107 Å². The van der Waals surface area contributed by atoms with Crippen molar-refractivity contribution in [2.45, 2.75) is 0 Å². The fourth-order valence-corrected chi connectivity index (χ4v) is 2.66. The fraction of sp³-hybridized carbons (Fsp3) is 0.0833. The third-order valence-corrected chi connectivity index (χ3v) is 3.55. The molecule has 0 saturated carbocycles. The van der Waals surface area contributed by atoms with Gasteiger partial charge in [-0.1, -0.05) is 6.07 Å². The van der Waals surface area contributed by atoms with Gasteiger partial charge >= 0.3 is 0 Å². The van der Waals surface area contributed by atoms with Crippen LogP contribution in [0.1, 0.15) is 0 Å². The van der Waals surface area contributed by atoms with Gasteiger partial charge in [-0.3, -0.25) is 5.10 Å². The molecule has 86 valence electrons. The van der Waals surface area contributed by atoms with Gasteiger partial charge in [0.1, 0.15) is 5.82 Å². The number of nitrogens with two attached hydrogens (primary N) is 1. The largest absolute Gasteiger partial charge is 0.384 e. The first-order valence-corrected chi connectivity index (χ1v) is 6.00. The van der Waals surface area contributed by atoms with E-state index < -0.39 is 0 Å². The van der Waals surface area contributed by atoms with Gasteiger partial charge in [0.25, 0.3) is 0 Å². The van der Waals surface area contributed by atoms with Gasteiger partial charge in [-0.15, -0.1) is 0 Å². The number of H-pyrrole nitrogens is 1. The topological polar surface area (TPSA) is 59.6 Å². The standard InChI is InChI=1S/C12H11BrN4/c1-17-6-10(13)8-4-7(2-3-11(8)17)9-5-15-16-12(9)14/h2-6H,1H3,(H3,14,15,16). The number of hydrogen-bond donors (Lipinski definition) is 2. The zero-order valence-corrected chi connectivity index (χ0v) is 10.8. The molecule has 0 aliphatic rings. The normalized spacial score (nSPS) is 11.2. The number of fused-ring (bicyclic) bond motifs is 1. The lowest BCUT2D eigenvalue weighted by Gasteiger charge is -2.01. The summed E-state index contributed by atoms with van der Waals surface area (Å²) in [5, 5.41) is 7.86. The molecule has 3 rings (SSSR count). The maximum absolute atomic E-state index is 5.82. The van der Waals surface area contributed by atoms with E-state index in [4.69, 9.17) is 5.73 Å². The third-order valence-electron chi connectivity index (χ3n) is 2.92. The highest BCUT2D eigenvalue weighted by Crippen LogP contribution is 2.31. The van der Waals surface area contributed by atoms with Crippen molar-refractivity contribution >= 4 is 32.7 Å². The van der Waals surface area contributed by atoms with E-state index in [-0.39, 0.29) is 0 Å². The SMILES string of the molecule is Cn1cc(Br)c2cc(-c3cn[nH]c3N)ccc21. The predicted octanol–water partition coefficient (Wildman–Crippen LogP) is 2.91. The molecule has 0 spiro atoms. The van der Waals surface area contributed by atoms with E-state index in [1.165, 1.54) is 10.9 Å². The number of anilines is 1. The van der Waals surface area contributed by atoms with E-state index in [2.05, 4.69) is 48.9 Å². The minimum absolute atomic E-state index is 0.594. The zero-order valence-electron chi connectivity index (χ0n) is 9.24. The maximum atomic E-state index is 5.82. The summed E-state index contributed by atoms with van der Waals surface area (Å²) in [6.45, 7) is 0. The minimum atomic E-state index is 0.594. The number of aryl methyl sites for hydroxylation is 1. The Morgan fingerprint density at radius 1 is 1.41 bits per heavy atom. The van der Waals surface area contributed by atoms with Crippen molar-refractivity contribution in [3.05, 3.63) is 35.1 Å². The van der Waals surface area contributed by atoms with Crippen LogP contribution in [0.5, 0.6) is 0 Å². The molecule has 0 aliphatic heterocycles. The first-order valence-electron chi connectivity index (χ1n) is 5.20. The Balaban J connectivity index is 2.27. The summed E-state index contributed by atoms with van der Waals surface area (Å²) < 4.78 is 3.17. The van der Waals surface area contributed by atoms with Crippen LogP contribution in [-0.4, -0.2) is 14.8 Å². The number of benzene rings is 1. The minimum Gasteiger partial charge on any atom is -0.384 e. The molecule has 2 aromatic heterocycles. The number of nitrogens with one attached hydrogen (secondary N) is 1. The average Bonchev–Trinajstić information content (AvgIpc) is 2.84. The quantitative estimate of drug-likeness (QED) is 0.724. The molecule has 4 nitrogen and oxygen atoms in total. The lowest BCUT2D eigenvalue weighted by Crippen LogP contribution is -1.88. The monoisotopic (exact) mass is 290 g/mol. The Morgan fingerprint density at radius 3 is 2.94 bits per heavy atom. The van der Waals surface area contributed by atoms with Crippen LogP contribution in [0.25, 0.3) is 22.0 Å². The van der Waals surface area contributed by atoms with Crippen LogP contribution in [0, 0.1) is 0 Å². The maximum Gasteiger partial charge on any atom is 0.126 e. The molecular weight excluding hydrogens is 280 g/mol. The van der Waals surface area contributed by atoms with E-state index in [0.29, 0.717) is 5.82 Å². The summed E-state index contributed by atoms with van der Waals surface area (Å²) >= 11 is 3.56. The molecule has 5 heteroatoms. The molecule has 0 amide bonds. The fourth-order valence-electron chi connectivity index (χ4n) is 2.04. The molecule has 0 aliphatic carbocycles. The number of halogens is 1. The smallest absolute Gasteiger partial charge is 0.126 e. The van der Waals surface area contributed by atoms with E-state index in [1.54, 1.807) is 6.20 Å². The number of nitrogen functional groups attached to an aromatic ring is 1. The van der Waals surface area contributed by atoms with Crippen molar-refractivity contribution in [1.29, 1.82) is 0 Å². The van der Waals surface area contributed by atoms with Crippen LogP contribution in [0.15, 0.2) is 35.1 Å². The van der Waals surface area contributed by atoms with Gasteiger partial charge in [0, 0.05) is 34.2 Å². The number of rotatable bonds is 1. The highest BCUT2D eigenvalue weighted by Gasteiger charge is 2.09. The van der Waals surface area contributed by atoms with Gasteiger partial charge in [-0.25, -0.2) is 0 Å². The Bertz CT molecular complexity index is 696. The van der Waals surface area contributed by atoms with Crippen LogP contribution in [0.2, 0.25) is 0 Å². The van der Waals surface area contributed by atoms with Gasteiger partial charge in [0.2, 0.25) is 0 Å². The van der Waals surface area contributed by atoms with Gasteiger partial charge in [-0.05, 0) is 33.6 Å². The van der Waals surface area contributed by atoms with Crippen LogP contribution < -0.4 is 5.73 Å². The Kier molecular flexibility index (Phi) is 2.22. The molecule has 0 bridgehead atoms. The van der Waals surface area contributed by atoms with Gasteiger partial charge in [-0.2, -0.15) is 5.10 Å². The third kappa shape index (κ3) is 1.54. The summed E-state index contributed by atoms with van der Waals surface area (Å²) in [7, 11) is 2.03. The van der Waals surface area contributed by atoms with Crippen molar-refractivity contribution in [3.63, 3.8) is 0 Å². The van der Waals surface area contributed by atoms with Crippen LogP contribution in [-0.2, 0) is 7.05 Å². The van der Waals surface area contributed by atoms with Gasteiger partial charge in [0.15, 0.2) is 0 Å². The summed E-state index contributed by atoms with van der Waals surface area (Å²) in [6, 6.07) is 6.25. The number of aromatic nitrogens is 3. The molecule has 0 radical (unpaired) electrons. The Morgan fingerprint density at radius 2 is 2.24 bits per heavy atom. The first-order chi connectivity index (χ1) is 8.16. The van der Waals surface area contributed by atoms with Crippen molar-refractivity contribution in [1.82, 2.24) is 14.8 Å². The highest BCUT2D eigenvalue weighted by atomic mass is 79.9. The molecule has 0 atom stereocenters. The van der Waals surface area contributed by atoms with E-state index in [0.717, 1.165) is 15.6 Å². The summed E-state index contributed by atoms with van der Waals surface area (Å²) in [5.74, 6) is 0.594. The number of nitrogens with zero attached hydrogens (tertiary/aromatic N) is 2. The molecule has 17 heavy (non-hydrogen) atoms.